The van der Waals surface area contributed by atoms with Gasteiger partial charge in [0.1, 0.15) is 0 Å². The quantitative estimate of drug-likeness (QED) is 0.602. The van der Waals surface area contributed by atoms with Crippen LogP contribution in [0.1, 0.15) is 6.92 Å². The monoisotopic (exact) mass is 178 g/mol. The van der Waals surface area contributed by atoms with Crippen LogP contribution in [0.3, 0.4) is 0 Å². The van der Waals surface area contributed by atoms with Crippen LogP contribution in [0.25, 0.3) is 0 Å². The highest BCUT2D eigenvalue weighted by Gasteiger charge is 2.53. The molecular weight excluding hydrogens is 171 g/mol. The Morgan fingerprint density at radius 1 is 1.18 bits per heavy atom. The number of ether oxygens (including phenoxy) is 1. The minimum Gasteiger partial charge on any atom is -0.321 e. The van der Waals surface area contributed by atoms with Gasteiger partial charge in [-0.3, -0.25) is 0 Å². The standard InChI is InChI=1S/C5H7F5O/c1-4(7,8)3(6)5(9,10)11-2/h3H,1-2H3. The smallest absolute Gasteiger partial charge is 0.321 e. The fraction of sp³-hybridized carbons (Fsp3) is 1.00. The van der Waals surface area contributed by atoms with Gasteiger partial charge in [0, 0.05) is 14.0 Å². The van der Waals surface area contributed by atoms with E-state index in [-0.39, 0.29) is 6.92 Å². The van der Waals surface area contributed by atoms with Gasteiger partial charge in [-0.25, -0.2) is 13.2 Å². The van der Waals surface area contributed by atoms with Gasteiger partial charge in [-0.05, 0) is 0 Å². The second-order valence-corrected chi connectivity index (χ2v) is 2.08. The second kappa shape index (κ2) is 2.92. The maximum atomic E-state index is 12.1. The van der Waals surface area contributed by atoms with Crippen molar-refractivity contribution >= 4 is 0 Å². The van der Waals surface area contributed by atoms with E-state index in [2.05, 4.69) is 4.74 Å². The molecule has 0 bridgehead atoms. The van der Waals surface area contributed by atoms with Crippen LogP contribution in [-0.2, 0) is 4.74 Å². The van der Waals surface area contributed by atoms with Crippen LogP contribution < -0.4 is 0 Å². The third-order valence-electron chi connectivity index (χ3n) is 1.01. The molecule has 0 saturated heterocycles. The van der Waals surface area contributed by atoms with Crippen LogP contribution in [0.15, 0.2) is 0 Å². The van der Waals surface area contributed by atoms with E-state index in [0.29, 0.717) is 7.11 Å². The minimum atomic E-state index is -4.43. The Balaban J connectivity index is 4.35. The highest BCUT2D eigenvalue weighted by molar-refractivity contribution is 4.78. The van der Waals surface area contributed by atoms with Crippen LogP contribution >= 0.6 is 0 Å². The van der Waals surface area contributed by atoms with Gasteiger partial charge in [0.05, 0.1) is 0 Å². The highest BCUT2D eigenvalue weighted by atomic mass is 19.3. The van der Waals surface area contributed by atoms with Crippen molar-refractivity contribution in [3.05, 3.63) is 0 Å². The summed E-state index contributed by atoms with van der Waals surface area (Å²) in [5.74, 6) is -4.10. The molecular formula is C5H7F5O. The lowest BCUT2D eigenvalue weighted by Crippen LogP contribution is -2.43. The van der Waals surface area contributed by atoms with Gasteiger partial charge in [-0.1, -0.05) is 0 Å². The third kappa shape index (κ3) is 2.61. The predicted octanol–water partition coefficient (Wildman–Crippen LogP) is 2.22. The molecule has 0 aliphatic rings. The number of methoxy groups -OCH3 is 1. The van der Waals surface area contributed by atoms with Crippen molar-refractivity contribution in [1.82, 2.24) is 0 Å². The van der Waals surface area contributed by atoms with Gasteiger partial charge in [-0.2, -0.15) is 8.78 Å². The fourth-order valence-corrected chi connectivity index (χ4v) is 0.399. The average molecular weight is 178 g/mol. The van der Waals surface area contributed by atoms with Crippen molar-refractivity contribution in [3.63, 3.8) is 0 Å². The molecule has 1 atom stereocenters. The van der Waals surface area contributed by atoms with Gasteiger partial charge in [0.25, 0.3) is 12.1 Å². The zero-order valence-electron chi connectivity index (χ0n) is 5.88. The van der Waals surface area contributed by atoms with Gasteiger partial charge in [-0.15, -0.1) is 0 Å². The number of hydrogen-bond donors (Lipinski definition) is 0. The second-order valence-electron chi connectivity index (χ2n) is 2.08. The largest absolute Gasteiger partial charge is 0.392 e. The van der Waals surface area contributed by atoms with Gasteiger partial charge in [0.15, 0.2) is 0 Å². The Bertz CT molecular complexity index is 129. The van der Waals surface area contributed by atoms with E-state index >= 15 is 0 Å². The van der Waals surface area contributed by atoms with E-state index in [1.807, 2.05) is 0 Å². The lowest BCUT2D eigenvalue weighted by Gasteiger charge is -2.22. The molecule has 0 aromatic heterocycles. The number of hydrogen-bond acceptors (Lipinski definition) is 1. The third-order valence-corrected chi connectivity index (χ3v) is 1.01. The van der Waals surface area contributed by atoms with Crippen LogP contribution in [-0.4, -0.2) is 25.3 Å². The van der Waals surface area contributed by atoms with E-state index in [1.165, 1.54) is 0 Å². The molecule has 0 spiro atoms. The molecule has 0 aliphatic carbocycles. The molecule has 1 nitrogen and oxygen atoms in total. The first-order chi connectivity index (χ1) is 4.72. The summed E-state index contributed by atoms with van der Waals surface area (Å²) in [6.45, 7) is 0.0601. The molecule has 0 aromatic carbocycles. The van der Waals surface area contributed by atoms with Crippen LogP contribution in [0.5, 0.6) is 0 Å². The molecule has 0 radical (unpaired) electrons. The molecule has 0 saturated carbocycles. The van der Waals surface area contributed by atoms with Crippen molar-refractivity contribution in [2.75, 3.05) is 7.11 Å². The highest BCUT2D eigenvalue weighted by Crippen LogP contribution is 2.33. The van der Waals surface area contributed by atoms with E-state index < -0.39 is 18.2 Å². The summed E-state index contributed by atoms with van der Waals surface area (Å²) >= 11 is 0. The van der Waals surface area contributed by atoms with Crippen molar-refractivity contribution in [2.45, 2.75) is 25.1 Å². The Morgan fingerprint density at radius 2 is 1.55 bits per heavy atom. The molecule has 0 aliphatic heterocycles. The minimum absolute atomic E-state index is 0.0601. The molecule has 68 valence electrons. The van der Waals surface area contributed by atoms with Crippen LogP contribution in [0.4, 0.5) is 22.0 Å². The Hall–Kier alpha value is -0.390. The van der Waals surface area contributed by atoms with Gasteiger partial charge < -0.3 is 4.74 Å². The Morgan fingerprint density at radius 3 is 1.64 bits per heavy atom. The SMILES string of the molecule is COC(F)(F)C(F)C(C)(F)F. The zero-order chi connectivity index (χ0) is 9.28. The van der Waals surface area contributed by atoms with Crippen LogP contribution in [0, 0.1) is 0 Å². The Kier molecular flexibility index (Phi) is 2.82. The number of alkyl halides is 5. The van der Waals surface area contributed by atoms with Crippen molar-refractivity contribution in [2.24, 2.45) is 0 Å². The summed E-state index contributed by atoms with van der Waals surface area (Å²) < 4.78 is 63.0. The van der Waals surface area contributed by atoms with E-state index in [0.717, 1.165) is 0 Å². The van der Waals surface area contributed by atoms with Crippen molar-refractivity contribution < 1.29 is 26.7 Å². The Labute approximate surface area is 60.1 Å². The van der Waals surface area contributed by atoms with Gasteiger partial charge >= 0.3 is 6.11 Å². The van der Waals surface area contributed by atoms with E-state index in [1.54, 1.807) is 0 Å². The van der Waals surface area contributed by atoms with Crippen molar-refractivity contribution in [1.29, 1.82) is 0 Å². The summed E-state index contributed by atoms with van der Waals surface area (Å²) in [6, 6.07) is 0. The fourth-order valence-electron chi connectivity index (χ4n) is 0.399. The molecule has 0 heterocycles. The first kappa shape index (κ1) is 10.6. The summed E-state index contributed by atoms with van der Waals surface area (Å²) in [7, 11) is 0.457. The molecule has 0 fully saturated rings. The summed E-state index contributed by atoms with van der Waals surface area (Å²) in [5.41, 5.74) is 0. The van der Waals surface area contributed by atoms with Crippen LogP contribution in [0.2, 0.25) is 0 Å². The molecule has 6 heteroatoms. The summed E-state index contributed by atoms with van der Waals surface area (Å²) in [5, 5.41) is 0. The molecule has 0 rings (SSSR count). The topological polar surface area (TPSA) is 9.23 Å². The van der Waals surface area contributed by atoms with Crippen molar-refractivity contribution in [3.8, 4) is 0 Å². The van der Waals surface area contributed by atoms with Gasteiger partial charge in [0.2, 0.25) is 0 Å². The lowest BCUT2D eigenvalue weighted by atomic mass is 10.2. The number of halogens is 5. The average Bonchev–Trinajstić information content (AvgIpc) is 1.84. The molecule has 1 unspecified atom stereocenters. The first-order valence-electron chi connectivity index (χ1n) is 2.66. The predicted molar refractivity (Wildman–Crippen MR) is 27.5 cm³/mol. The summed E-state index contributed by atoms with van der Waals surface area (Å²) in [6.07, 6.45) is -8.04. The molecule has 0 aromatic rings. The zero-order valence-corrected chi connectivity index (χ0v) is 5.88. The van der Waals surface area contributed by atoms with E-state index in [4.69, 9.17) is 0 Å². The molecule has 11 heavy (non-hydrogen) atoms. The maximum Gasteiger partial charge on any atom is 0.392 e. The summed E-state index contributed by atoms with van der Waals surface area (Å²) in [4.78, 5) is 0. The normalized spacial score (nSPS) is 16.6. The number of rotatable bonds is 3. The maximum absolute atomic E-state index is 12.1. The molecule has 0 amide bonds. The first-order valence-corrected chi connectivity index (χ1v) is 2.66. The van der Waals surface area contributed by atoms with E-state index in [9.17, 15) is 22.0 Å². The lowest BCUT2D eigenvalue weighted by molar-refractivity contribution is -0.296. The molecule has 0 N–H and O–H groups in total.